The molecule has 0 unspecified atom stereocenters. The molecule has 1 aromatic heterocycles. The van der Waals surface area contributed by atoms with Gasteiger partial charge in [0.2, 0.25) is 0 Å². The van der Waals surface area contributed by atoms with Crippen molar-refractivity contribution in [3.8, 4) is 0 Å². The SMILES string of the molecule is C=C(c1ccc(NSc2cccc3cccnc23)cc1)N(CCC)CCC. The highest BCUT2D eigenvalue weighted by molar-refractivity contribution is 8.00. The predicted octanol–water partition coefficient (Wildman–Crippen LogP) is 6.45. The molecule has 4 heteroatoms. The average molecular weight is 378 g/mol. The van der Waals surface area contributed by atoms with E-state index in [4.69, 9.17) is 0 Å². The van der Waals surface area contributed by atoms with E-state index in [0.29, 0.717) is 0 Å². The third kappa shape index (κ3) is 4.83. The van der Waals surface area contributed by atoms with Crippen molar-refractivity contribution in [2.75, 3.05) is 17.8 Å². The molecule has 3 aromatic rings. The Balaban J connectivity index is 1.68. The topological polar surface area (TPSA) is 28.2 Å². The lowest BCUT2D eigenvalue weighted by atomic mass is 10.1. The highest BCUT2D eigenvalue weighted by atomic mass is 32.2. The van der Waals surface area contributed by atoms with Crippen molar-refractivity contribution >= 4 is 34.2 Å². The number of fused-ring (bicyclic) bond motifs is 1. The standard InChI is InChI=1S/C23H27N3S/c1-4-16-26(17-5-2)18(3)19-11-13-21(14-12-19)25-27-22-10-6-8-20-9-7-15-24-23(20)22/h6-15,25H,3-5,16-17H2,1-2H3. The molecule has 0 radical (unpaired) electrons. The minimum Gasteiger partial charge on any atom is -0.372 e. The fraction of sp³-hybridized carbons (Fsp3) is 0.261. The van der Waals surface area contributed by atoms with E-state index in [1.807, 2.05) is 12.3 Å². The summed E-state index contributed by atoms with van der Waals surface area (Å²) in [6.07, 6.45) is 4.11. The Hall–Kier alpha value is -2.46. The van der Waals surface area contributed by atoms with Crippen molar-refractivity contribution in [1.29, 1.82) is 0 Å². The lowest BCUT2D eigenvalue weighted by Crippen LogP contribution is -2.23. The summed E-state index contributed by atoms with van der Waals surface area (Å²) in [6, 6.07) is 18.8. The number of rotatable bonds is 9. The Morgan fingerprint density at radius 2 is 1.70 bits per heavy atom. The van der Waals surface area contributed by atoms with Gasteiger partial charge in [0, 0.05) is 36.1 Å². The van der Waals surface area contributed by atoms with E-state index in [1.54, 1.807) is 11.9 Å². The van der Waals surface area contributed by atoms with Crippen molar-refractivity contribution in [2.45, 2.75) is 31.6 Å². The number of benzene rings is 2. The number of nitrogens with one attached hydrogen (secondary N) is 1. The van der Waals surface area contributed by atoms with Gasteiger partial charge in [-0.2, -0.15) is 0 Å². The smallest absolute Gasteiger partial charge is 0.0855 e. The molecule has 27 heavy (non-hydrogen) atoms. The quantitative estimate of drug-likeness (QED) is 0.434. The first-order valence-electron chi connectivity index (χ1n) is 9.53. The molecule has 0 amide bonds. The first kappa shape index (κ1) is 19.3. The normalized spacial score (nSPS) is 10.7. The van der Waals surface area contributed by atoms with Gasteiger partial charge in [0.1, 0.15) is 0 Å². The van der Waals surface area contributed by atoms with Crippen LogP contribution < -0.4 is 4.72 Å². The second-order valence-corrected chi connectivity index (χ2v) is 7.39. The molecule has 0 bridgehead atoms. The number of para-hydroxylation sites is 1. The van der Waals surface area contributed by atoms with Gasteiger partial charge in [-0.05, 0) is 54.6 Å². The van der Waals surface area contributed by atoms with Crippen molar-refractivity contribution in [3.05, 3.63) is 72.9 Å². The van der Waals surface area contributed by atoms with E-state index >= 15 is 0 Å². The first-order valence-corrected chi connectivity index (χ1v) is 10.4. The summed E-state index contributed by atoms with van der Waals surface area (Å²) in [6.45, 7) is 10.8. The molecular formula is C23H27N3S. The van der Waals surface area contributed by atoms with E-state index in [2.05, 4.69) is 83.6 Å². The van der Waals surface area contributed by atoms with Gasteiger partial charge in [-0.3, -0.25) is 4.98 Å². The zero-order valence-corrected chi connectivity index (χ0v) is 16.9. The van der Waals surface area contributed by atoms with Crippen LogP contribution in [0.4, 0.5) is 5.69 Å². The van der Waals surface area contributed by atoms with Crippen LogP contribution in [0.1, 0.15) is 32.3 Å². The second-order valence-electron chi connectivity index (χ2n) is 6.55. The molecule has 0 spiro atoms. The maximum atomic E-state index is 4.51. The lowest BCUT2D eigenvalue weighted by molar-refractivity contribution is 0.397. The number of hydrogen-bond donors (Lipinski definition) is 1. The zero-order valence-electron chi connectivity index (χ0n) is 16.1. The van der Waals surface area contributed by atoms with Gasteiger partial charge in [0.25, 0.3) is 0 Å². The third-order valence-corrected chi connectivity index (χ3v) is 5.35. The Morgan fingerprint density at radius 1 is 1.00 bits per heavy atom. The number of hydrogen-bond acceptors (Lipinski definition) is 4. The Labute approximate surface area is 166 Å². The van der Waals surface area contributed by atoms with Crippen LogP contribution in [0.25, 0.3) is 16.6 Å². The number of pyridine rings is 1. The van der Waals surface area contributed by atoms with Gasteiger partial charge in [-0.15, -0.1) is 0 Å². The minimum absolute atomic E-state index is 1.03. The summed E-state index contributed by atoms with van der Waals surface area (Å²) in [4.78, 5) is 8.00. The van der Waals surface area contributed by atoms with Crippen molar-refractivity contribution in [3.63, 3.8) is 0 Å². The van der Waals surface area contributed by atoms with Crippen LogP contribution in [0.2, 0.25) is 0 Å². The van der Waals surface area contributed by atoms with Crippen LogP contribution in [0.5, 0.6) is 0 Å². The summed E-state index contributed by atoms with van der Waals surface area (Å²) in [5, 5.41) is 1.16. The second kappa shape index (κ2) is 9.47. The number of anilines is 1. The zero-order chi connectivity index (χ0) is 19.1. The van der Waals surface area contributed by atoms with Gasteiger partial charge >= 0.3 is 0 Å². The summed E-state index contributed by atoms with van der Waals surface area (Å²) in [5.74, 6) is 0. The predicted molar refractivity (Wildman–Crippen MR) is 119 cm³/mol. The fourth-order valence-electron chi connectivity index (χ4n) is 3.11. The Bertz CT molecular complexity index is 878. The highest BCUT2D eigenvalue weighted by Gasteiger charge is 2.08. The van der Waals surface area contributed by atoms with E-state index in [0.717, 1.165) is 53.1 Å². The molecular weight excluding hydrogens is 350 g/mol. The van der Waals surface area contributed by atoms with Gasteiger partial charge in [0.05, 0.1) is 10.4 Å². The monoisotopic (exact) mass is 377 g/mol. The maximum absolute atomic E-state index is 4.51. The van der Waals surface area contributed by atoms with E-state index < -0.39 is 0 Å². The molecule has 140 valence electrons. The van der Waals surface area contributed by atoms with Crippen LogP contribution in [-0.2, 0) is 0 Å². The largest absolute Gasteiger partial charge is 0.372 e. The summed E-state index contributed by atoms with van der Waals surface area (Å²) in [5.41, 5.74) is 4.38. The molecule has 1 heterocycles. The van der Waals surface area contributed by atoms with Crippen molar-refractivity contribution < 1.29 is 0 Å². The van der Waals surface area contributed by atoms with Crippen LogP contribution in [0.15, 0.2) is 72.3 Å². The van der Waals surface area contributed by atoms with Gasteiger partial charge in [-0.1, -0.05) is 50.8 Å². The van der Waals surface area contributed by atoms with Crippen molar-refractivity contribution in [2.24, 2.45) is 0 Å². The van der Waals surface area contributed by atoms with Gasteiger partial charge < -0.3 is 9.62 Å². The first-order chi connectivity index (χ1) is 13.2. The maximum Gasteiger partial charge on any atom is 0.0855 e. The average Bonchev–Trinajstić information content (AvgIpc) is 2.72. The number of aromatic nitrogens is 1. The Morgan fingerprint density at radius 3 is 2.41 bits per heavy atom. The molecule has 0 saturated carbocycles. The van der Waals surface area contributed by atoms with Gasteiger partial charge in [0.15, 0.2) is 0 Å². The minimum atomic E-state index is 1.03. The molecule has 0 fully saturated rings. The summed E-state index contributed by atoms with van der Waals surface area (Å²) >= 11 is 1.59. The molecule has 0 aliphatic rings. The van der Waals surface area contributed by atoms with Crippen LogP contribution >= 0.6 is 11.9 Å². The Kier molecular flexibility index (Phi) is 6.77. The molecule has 3 rings (SSSR count). The van der Waals surface area contributed by atoms with E-state index in [-0.39, 0.29) is 0 Å². The van der Waals surface area contributed by atoms with Crippen LogP contribution in [-0.4, -0.2) is 23.0 Å². The van der Waals surface area contributed by atoms with Gasteiger partial charge in [-0.25, -0.2) is 0 Å². The third-order valence-electron chi connectivity index (χ3n) is 4.46. The molecule has 0 atom stereocenters. The van der Waals surface area contributed by atoms with E-state index in [9.17, 15) is 0 Å². The highest BCUT2D eigenvalue weighted by Crippen LogP contribution is 2.28. The van der Waals surface area contributed by atoms with E-state index in [1.165, 1.54) is 5.56 Å². The fourth-order valence-corrected chi connectivity index (χ4v) is 3.88. The summed E-state index contributed by atoms with van der Waals surface area (Å²) in [7, 11) is 0. The van der Waals surface area contributed by atoms with Crippen LogP contribution in [0, 0.1) is 0 Å². The lowest BCUT2D eigenvalue weighted by Gasteiger charge is -2.26. The molecule has 3 nitrogen and oxygen atoms in total. The van der Waals surface area contributed by atoms with Crippen LogP contribution in [0.3, 0.4) is 0 Å². The number of nitrogens with zero attached hydrogens (tertiary/aromatic N) is 2. The van der Waals surface area contributed by atoms with Crippen molar-refractivity contribution in [1.82, 2.24) is 9.88 Å². The summed E-state index contributed by atoms with van der Waals surface area (Å²) < 4.78 is 3.43. The molecule has 0 saturated heterocycles. The molecule has 2 aromatic carbocycles. The molecule has 1 N–H and O–H groups in total. The molecule has 0 aliphatic carbocycles. The molecule has 0 aliphatic heterocycles.